The van der Waals surface area contributed by atoms with Gasteiger partial charge in [-0.05, 0) is 63.0 Å². The Bertz CT molecular complexity index is 461. The van der Waals surface area contributed by atoms with Gasteiger partial charge in [0.05, 0.1) is 4.88 Å². The lowest BCUT2D eigenvalue weighted by molar-refractivity contribution is 0.0735. The molecule has 110 valence electrons. The van der Waals surface area contributed by atoms with Crippen molar-refractivity contribution in [3.05, 3.63) is 21.4 Å². The number of fused-ring (bicyclic) bond motifs is 1. The van der Waals surface area contributed by atoms with Gasteiger partial charge in [-0.25, -0.2) is 0 Å². The number of hydrogen-bond acceptors (Lipinski definition) is 2. The van der Waals surface area contributed by atoms with Gasteiger partial charge in [0.2, 0.25) is 0 Å². The SMILES string of the molecule is O=C(c1cc2c(s1)CCCC2)N1CCCC1CCCCl. The van der Waals surface area contributed by atoms with Crippen molar-refractivity contribution >= 4 is 28.8 Å². The second kappa shape index (κ2) is 6.48. The molecule has 0 bridgehead atoms. The first kappa shape index (κ1) is 14.4. The van der Waals surface area contributed by atoms with E-state index < -0.39 is 0 Å². The summed E-state index contributed by atoms with van der Waals surface area (Å²) in [4.78, 5) is 17.3. The lowest BCUT2D eigenvalue weighted by atomic mass is 9.99. The van der Waals surface area contributed by atoms with Crippen LogP contribution in [0.5, 0.6) is 0 Å². The van der Waals surface area contributed by atoms with Gasteiger partial charge in [-0.15, -0.1) is 22.9 Å². The largest absolute Gasteiger partial charge is 0.335 e. The monoisotopic (exact) mass is 311 g/mol. The second-order valence-corrected chi connectivity index (χ2v) is 7.41. The van der Waals surface area contributed by atoms with Gasteiger partial charge in [0.1, 0.15) is 0 Å². The molecule has 1 saturated heterocycles. The Morgan fingerprint density at radius 1 is 1.35 bits per heavy atom. The molecule has 3 rings (SSSR count). The number of carbonyl (C=O) groups is 1. The number of alkyl halides is 1. The molecule has 1 aliphatic carbocycles. The van der Waals surface area contributed by atoms with Crippen LogP contribution in [0, 0.1) is 0 Å². The lowest BCUT2D eigenvalue weighted by Gasteiger charge is -2.24. The Balaban J connectivity index is 1.72. The van der Waals surface area contributed by atoms with Crippen LogP contribution in [0.25, 0.3) is 0 Å². The highest BCUT2D eigenvalue weighted by atomic mass is 35.5. The van der Waals surface area contributed by atoms with E-state index in [9.17, 15) is 4.79 Å². The summed E-state index contributed by atoms with van der Waals surface area (Å²) >= 11 is 7.53. The highest BCUT2D eigenvalue weighted by Crippen LogP contribution is 2.32. The van der Waals surface area contributed by atoms with Crippen LogP contribution < -0.4 is 0 Å². The van der Waals surface area contributed by atoms with E-state index in [4.69, 9.17) is 11.6 Å². The molecule has 4 heteroatoms. The van der Waals surface area contributed by atoms with Crippen molar-refractivity contribution in [2.24, 2.45) is 0 Å². The molecule has 1 unspecified atom stereocenters. The van der Waals surface area contributed by atoms with Crippen LogP contribution in [0.2, 0.25) is 0 Å². The van der Waals surface area contributed by atoms with Crippen LogP contribution in [-0.4, -0.2) is 29.3 Å². The number of aryl methyl sites for hydroxylation is 2. The molecule has 1 aromatic heterocycles. The van der Waals surface area contributed by atoms with E-state index in [1.165, 1.54) is 29.7 Å². The summed E-state index contributed by atoms with van der Waals surface area (Å²) in [6, 6.07) is 2.58. The predicted octanol–water partition coefficient (Wildman–Crippen LogP) is 4.25. The van der Waals surface area contributed by atoms with E-state index in [-0.39, 0.29) is 5.91 Å². The highest BCUT2D eigenvalue weighted by Gasteiger charge is 2.30. The van der Waals surface area contributed by atoms with Crippen molar-refractivity contribution in [1.82, 2.24) is 4.90 Å². The van der Waals surface area contributed by atoms with Crippen LogP contribution in [0.15, 0.2) is 6.07 Å². The van der Waals surface area contributed by atoms with Crippen LogP contribution in [-0.2, 0) is 12.8 Å². The first-order chi connectivity index (χ1) is 9.79. The van der Waals surface area contributed by atoms with Gasteiger partial charge in [0.15, 0.2) is 0 Å². The summed E-state index contributed by atoms with van der Waals surface area (Å²) in [5.41, 5.74) is 1.43. The minimum atomic E-state index is 0.265. The van der Waals surface area contributed by atoms with Crippen LogP contribution >= 0.6 is 22.9 Å². The normalized spacial score (nSPS) is 22.1. The number of hydrogen-bond donors (Lipinski definition) is 0. The van der Waals surface area contributed by atoms with Crippen LogP contribution in [0.4, 0.5) is 0 Å². The zero-order valence-corrected chi connectivity index (χ0v) is 13.4. The molecule has 0 N–H and O–H groups in total. The quantitative estimate of drug-likeness (QED) is 0.761. The summed E-state index contributed by atoms with van der Waals surface area (Å²) in [5, 5.41) is 0. The standard InChI is InChI=1S/C16H22ClNOS/c17-9-3-6-13-7-4-10-18(13)16(19)15-11-12-5-1-2-8-14(12)20-15/h11,13H,1-10H2. The van der Waals surface area contributed by atoms with E-state index in [1.54, 1.807) is 11.3 Å². The zero-order valence-electron chi connectivity index (χ0n) is 11.9. The first-order valence-electron chi connectivity index (χ1n) is 7.78. The maximum atomic E-state index is 12.7. The number of nitrogens with zero attached hydrogens (tertiary/aromatic N) is 1. The molecule has 1 atom stereocenters. The van der Waals surface area contributed by atoms with Crippen molar-refractivity contribution in [2.45, 2.75) is 57.4 Å². The van der Waals surface area contributed by atoms with Crippen molar-refractivity contribution in [2.75, 3.05) is 12.4 Å². The number of carbonyl (C=O) groups excluding carboxylic acids is 1. The van der Waals surface area contributed by atoms with Gasteiger partial charge in [-0.3, -0.25) is 4.79 Å². The minimum absolute atomic E-state index is 0.265. The third kappa shape index (κ3) is 2.89. The summed E-state index contributed by atoms with van der Waals surface area (Å²) in [7, 11) is 0. The molecule has 0 saturated carbocycles. The molecular formula is C16H22ClNOS. The maximum Gasteiger partial charge on any atom is 0.264 e. The predicted molar refractivity (Wildman–Crippen MR) is 85.0 cm³/mol. The van der Waals surface area contributed by atoms with Crippen molar-refractivity contribution in [3.63, 3.8) is 0 Å². The number of rotatable bonds is 4. The molecule has 2 aliphatic rings. The summed E-state index contributed by atoms with van der Waals surface area (Å²) < 4.78 is 0. The topological polar surface area (TPSA) is 20.3 Å². The molecule has 20 heavy (non-hydrogen) atoms. The molecule has 1 fully saturated rings. The van der Waals surface area contributed by atoms with Gasteiger partial charge >= 0.3 is 0 Å². The molecular weight excluding hydrogens is 290 g/mol. The molecule has 0 spiro atoms. The van der Waals surface area contributed by atoms with Gasteiger partial charge in [0, 0.05) is 23.3 Å². The fourth-order valence-electron chi connectivity index (χ4n) is 3.45. The van der Waals surface area contributed by atoms with Crippen molar-refractivity contribution in [3.8, 4) is 0 Å². The van der Waals surface area contributed by atoms with Crippen molar-refractivity contribution < 1.29 is 4.79 Å². The highest BCUT2D eigenvalue weighted by molar-refractivity contribution is 7.14. The Hall–Kier alpha value is -0.540. The van der Waals surface area contributed by atoms with Crippen molar-refractivity contribution in [1.29, 1.82) is 0 Å². The number of thiophene rings is 1. The maximum absolute atomic E-state index is 12.7. The number of amides is 1. The molecule has 1 aromatic rings. The fourth-order valence-corrected chi connectivity index (χ4v) is 4.82. The Morgan fingerprint density at radius 2 is 2.20 bits per heavy atom. The van der Waals surface area contributed by atoms with E-state index in [0.29, 0.717) is 11.9 Å². The fraction of sp³-hybridized carbons (Fsp3) is 0.688. The average Bonchev–Trinajstić information content (AvgIpc) is 3.10. The summed E-state index contributed by atoms with van der Waals surface area (Å²) in [6.45, 7) is 0.925. The van der Waals surface area contributed by atoms with Gasteiger partial charge in [0.25, 0.3) is 5.91 Å². The van der Waals surface area contributed by atoms with Gasteiger partial charge in [-0.2, -0.15) is 0 Å². The average molecular weight is 312 g/mol. The minimum Gasteiger partial charge on any atom is -0.335 e. The van der Waals surface area contributed by atoms with E-state index >= 15 is 0 Å². The molecule has 0 aromatic carbocycles. The Labute approximate surface area is 130 Å². The summed E-state index contributed by atoms with van der Waals surface area (Å²) in [5.74, 6) is 0.965. The van der Waals surface area contributed by atoms with Crippen LogP contribution in [0.1, 0.15) is 58.6 Å². The van der Waals surface area contributed by atoms with Crippen LogP contribution in [0.3, 0.4) is 0 Å². The molecule has 1 amide bonds. The number of likely N-dealkylation sites (tertiary alicyclic amines) is 1. The van der Waals surface area contributed by atoms with E-state index in [1.807, 2.05) is 0 Å². The second-order valence-electron chi connectivity index (χ2n) is 5.89. The molecule has 2 nitrogen and oxygen atoms in total. The third-order valence-electron chi connectivity index (χ3n) is 4.52. The smallest absolute Gasteiger partial charge is 0.264 e. The molecule has 2 heterocycles. The molecule has 1 aliphatic heterocycles. The van der Waals surface area contributed by atoms with Gasteiger partial charge in [-0.1, -0.05) is 0 Å². The Morgan fingerprint density at radius 3 is 3.00 bits per heavy atom. The van der Waals surface area contributed by atoms with Gasteiger partial charge < -0.3 is 4.90 Å². The summed E-state index contributed by atoms with van der Waals surface area (Å²) in [6.07, 6.45) is 9.25. The zero-order chi connectivity index (χ0) is 13.9. The van der Waals surface area contributed by atoms with E-state index in [0.717, 1.165) is 43.5 Å². The Kier molecular flexibility index (Phi) is 4.67. The van der Waals surface area contributed by atoms with E-state index in [2.05, 4.69) is 11.0 Å². The number of halogens is 1. The third-order valence-corrected chi connectivity index (χ3v) is 6.01. The first-order valence-corrected chi connectivity index (χ1v) is 9.13. The lowest BCUT2D eigenvalue weighted by Crippen LogP contribution is -2.35. The molecule has 0 radical (unpaired) electrons.